The Hall–Kier alpha value is -4.93. The molecule has 43 heavy (non-hydrogen) atoms. The number of carbonyl (C=O) groups is 3. The maximum Gasteiger partial charge on any atom is 0.453 e. The van der Waals surface area contributed by atoms with E-state index in [-0.39, 0.29) is 52.8 Å². The lowest BCUT2D eigenvalue weighted by molar-refractivity contribution is -0.154. The van der Waals surface area contributed by atoms with Gasteiger partial charge in [0.1, 0.15) is 17.1 Å². The van der Waals surface area contributed by atoms with Gasteiger partial charge in [-0.1, -0.05) is 45.0 Å². The van der Waals surface area contributed by atoms with Crippen LogP contribution in [0.5, 0.6) is 17.2 Å². The molecule has 0 fully saturated rings. The summed E-state index contributed by atoms with van der Waals surface area (Å²) in [5.74, 6) is -4.44. The van der Waals surface area contributed by atoms with Crippen molar-refractivity contribution in [3.05, 3.63) is 99.4 Å². The molecule has 1 aliphatic heterocycles. The Morgan fingerprint density at radius 1 is 0.860 bits per heavy atom. The molecule has 2 heterocycles. The molecule has 1 aromatic heterocycles. The Morgan fingerprint density at radius 3 is 2.05 bits per heavy atom. The van der Waals surface area contributed by atoms with Gasteiger partial charge in [0, 0.05) is 19.0 Å². The van der Waals surface area contributed by atoms with Crippen LogP contribution >= 0.6 is 0 Å². The van der Waals surface area contributed by atoms with Gasteiger partial charge in [-0.15, -0.1) is 0 Å². The first-order valence-electron chi connectivity index (χ1n) is 13.4. The first-order chi connectivity index (χ1) is 20.2. The van der Waals surface area contributed by atoms with Crippen molar-refractivity contribution in [1.29, 1.82) is 0 Å². The van der Waals surface area contributed by atoms with E-state index in [9.17, 15) is 32.3 Å². The normalized spacial score (nSPS) is 13.4. The molecule has 1 aliphatic rings. The molecule has 0 bridgehead atoms. The summed E-state index contributed by atoms with van der Waals surface area (Å²) in [5.41, 5.74) is -0.198. The molecule has 3 aromatic carbocycles. The van der Waals surface area contributed by atoms with Gasteiger partial charge in [-0.3, -0.25) is 24.1 Å². The number of ether oxygens (including phenoxy) is 2. The maximum atomic E-state index is 13.9. The molecule has 0 aliphatic carbocycles. The third-order valence-electron chi connectivity index (χ3n) is 6.89. The summed E-state index contributed by atoms with van der Waals surface area (Å²) in [6.45, 7) is 5.91. The number of fused-ring (bicyclic) bond motifs is 2. The number of hydrogen-bond donors (Lipinski definition) is 0. The number of imide groups is 1. The van der Waals surface area contributed by atoms with Crippen LogP contribution in [0.25, 0.3) is 11.0 Å². The van der Waals surface area contributed by atoms with Gasteiger partial charge in [0.2, 0.25) is 11.2 Å². The van der Waals surface area contributed by atoms with Crippen LogP contribution in [-0.2, 0) is 16.4 Å². The highest BCUT2D eigenvalue weighted by molar-refractivity contribution is 6.21. The van der Waals surface area contributed by atoms with Gasteiger partial charge in [-0.05, 0) is 53.8 Å². The summed E-state index contributed by atoms with van der Waals surface area (Å²) in [5, 5.41) is -0.209. The Labute approximate surface area is 243 Å². The topological polar surface area (TPSA) is 103 Å². The van der Waals surface area contributed by atoms with Crippen LogP contribution in [0.2, 0.25) is 0 Å². The minimum Gasteiger partial charge on any atom is -0.449 e. The van der Waals surface area contributed by atoms with E-state index in [0.717, 1.165) is 16.5 Å². The first kappa shape index (κ1) is 29.6. The Morgan fingerprint density at radius 2 is 1.47 bits per heavy atom. The minimum absolute atomic E-state index is 0.0231. The molecule has 4 aromatic rings. The summed E-state index contributed by atoms with van der Waals surface area (Å²) in [6, 6.07) is 16.2. The summed E-state index contributed by atoms with van der Waals surface area (Å²) in [4.78, 5) is 51.5. The highest BCUT2D eigenvalue weighted by Gasteiger charge is 2.41. The van der Waals surface area contributed by atoms with Crippen molar-refractivity contribution in [3.8, 4) is 17.2 Å². The van der Waals surface area contributed by atoms with Crippen molar-refractivity contribution >= 4 is 28.8 Å². The third kappa shape index (κ3) is 6.01. The van der Waals surface area contributed by atoms with E-state index in [1.807, 2.05) is 20.8 Å². The van der Waals surface area contributed by atoms with Crippen molar-refractivity contribution in [2.75, 3.05) is 6.54 Å². The van der Waals surface area contributed by atoms with Gasteiger partial charge in [-0.2, -0.15) is 13.2 Å². The zero-order valence-corrected chi connectivity index (χ0v) is 23.4. The number of carbonyl (C=O) groups excluding carboxylic acids is 3. The van der Waals surface area contributed by atoms with Gasteiger partial charge in [0.15, 0.2) is 0 Å². The zero-order chi connectivity index (χ0) is 31.1. The minimum atomic E-state index is -5.06. The summed E-state index contributed by atoms with van der Waals surface area (Å²) < 4.78 is 57.6. The lowest BCUT2D eigenvalue weighted by Crippen LogP contribution is -2.31. The molecule has 0 unspecified atom stereocenters. The largest absolute Gasteiger partial charge is 0.453 e. The quantitative estimate of drug-likeness (QED) is 0.131. The number of halogens is 3. The molecule has 0 saturated carbocycles. The fourth-order valence-corrected chi connectivity index (χ4v) is 4.65. The van der Waals surface area contributed by atoms with Crippen molar-refractivity contribution in [1.82, 2.24) is 4.90 Å². The van der Waals surface area contributed by atoms with Crippen LogP contribution in [0, 0.1) is 0 Å². The standard InChI is InChI=1S/C32H26F3NO7/c1-31(2,3)18-10-12-19(13-11-18)42-27-26(38)23-15-14-20(17-24(23)43-28(27)32(33,34)35)41-25(37)9-6-16-36-29(39)21-7-4-5-8-22(21)30(36)40/h4-5,7-8,10-15,17H,6,9,16H2,1-3H3. The second-order valence-electron chi connectivity index (χ2n) is 11.0. The fourth-order valence-electron chi connectivity index (χ4n) is 4.65. The average molecular weight is 594 g/mol. The zero-order valence-electron chi connectivity index (χ0n) is 23.4. The number of rotatable bonds is 7. The number of hydrogen-bond acceptors (Lipinski definition) is 7. The van der Waals surface area contributed by atoms with Crippen molar-refractivity contribution in [2.45, 2.75) is 45.2 Å². The van der Waals surface area contributed by atoms with Crippen molar-refractivity contribution in [2.24, 2.45) is 0 Å². The van der Waals surface area contributed by atoms with E-state index in [2.05, 4.69) is 0 Å². The van der Waals surface area contributed by atoms with Crippen LogP contribution in [0.3, 0.4) is 0 Å². The van der Waals surface area contributed by atoms with Crippen LogP contribution in [0.15, 0.2) is 75.9 Å². The Kier molecular flexibility index (Phi) is 7.59. The Bertz CT molecular complexity index is 1770. The predicted molar refractivity (Wildman–Crippen MR) is 149 cm³/mol. The van der Waals surface area contributed by atoms with Gasteiger partial charge < -0.3 is 13.9 Å². The predicted octanol–water partition coefficient (Wildman–Crippen LogP) is 6.88. The molecule has 5 rings (SSSR count). The highest BCUT2D eigenvalue weighted by atomic mass is 19.4. The fraction of sp³-hybridized carbons (Fsp3) is 0.250. The molecule has 0 N–H and O–H groups in total. The first-order valence-corrected chi connectivity index (χ1v) is 13.4. The molecule has 0 radical (unpaired) electrons. The summed E-state index contributed by atoms with van der Waals surface area (Å²) in [6.07, 6.45) is -5.16. The lowest BCUT2D eigenvalue weighted by Gasteiger charge is -2.19. The highest BCUT2D eigenvalue weighted by Crippen LogP contribution is 2.39. The van der Waals surface area contributed by atoms with E-state index in [1.54, 1.807) is 36.4 Å². The molecule has 0 atom stereocenters. The molecular formula is C32H26F3NO7. The van der Waals surface area contributed by atoms with Crippen LogP contribution in [0.4, 0.5) is 13.2 Å². The molecule has 8 nitrogen and oxygen atoms in total. The van der Waals surface area contributed by atoms with Gasteiger partial charge in [0.05, 0.1) is 16.5 Å². The molecule has 0 spiro atoms. The molecule has 222 valence electrons. The lowest BCUT2D eigenvalue weighted by atomic mass is 9.87. The number of esters is 1. The van der Waals surface area contributed by atoms with Gasteiger partial charge in [0.25, 0.3) is 17.6 Å². The average Bonchev–Trinajstić information content (AvgIpc) is 3.18. The number of alkyl halides is 3. The SMILES string of the molecule is CC(C)(C)c1ccc(Oc2c(C(F)(F)F)oc3cc(OC(=O)CCCN4C(=O)c5ccccc5C4=O)ccc3c2=O)cc1. The van der Waals surface area contributed by atoms with E-state index in [4.69, 9.17) is 13.9 Å². The second kappa shape index (κ2) is 11.0. The number of benzene rings is 3. The smallest absolute Gasteiger partial charge is 0.449 e. The van der Waals surface area contributed by atoms with E-state index >= 15 is 0 Å². The van der Waals surface area contributed by atoms with Crippen LogP contribution in [0.1, 0.15) is 65.7 Å². The van der Waals surface area contributed by atoms with E-state index in [0.29, 0.717) is 0 Å². The summed E-state index contributed by atoms with van der Waals surface area (Å²) >= 11 is 0. The van der Waals surface area contributed by atoms with Crippen molar-refractivity contribution in [3.63, 3.8) is 0 Å². The number of amides is 2. The molecule has 11 heteroatoms. The maximum absolute atomic E-state index is 13.9. The van der Waals surface area contributed by atoms with Crippen LogP contribution < -0.4 is 14.9 Å². The van der Waals surface area contributed by atoms with Gasteiger partial charge in [-0.25, -0.2) is 0 Å². The second-order valence-corrected chi connectivity index (χ2v) is 11.0. The third-order valence-corrected chi connectivity index (χ3v) is 6.89. The van der Waals surface area contributed by atoms with E-state index in [1.165, 1.54) is 24.3 Å². The molecular weight excluding hydrogens is 567 g/mol. The number of nitrogens with zero attached hydrogens (tertiary/aromatic N) is 1. The Balaban J connectivity index is 1.31. The van der Waals surface area contributed by atoms with E-state index < -0.39 is 46.5 Å². The molecule has 0 saturated heterocycles. The monoisotopic (exact) mass is 593 g/mol. The molecule has 2 amide bonds. The van der Waals surface area contributed by atoms with Crippen molar-refractivity contribution < 1.29 is 41.4 Å². The summed E-state index contributed by atoms with van der Waals surface area (Å²) in [7, 11) is 0. The van der Waals surface area contributed by atoms with Crippen LogP contribution in [-0.4, -0.2) is 29.2 Å². The van der Waals surface area contributed by atoms with Gasteiger partial charge >= 0.3 is 12.1 Å².